The molecular weight excluding hydrogens is 192 g/mol. The van der Waals surface area contributed by atoms with E-state index in [0.717, 1.165) is 6.42 Å². The van der Waals surface area contributed by atoms with Gasteiger partial charge < -0.3 is 15.8 Å². The van der Waals surface area contributed by atoms with Crippen LogP contribution < -0.4 is 11.1 Å². The van der Waals surface area contributed by atoms with E-state index in [0.29, 0.717) is 6.61 Å². The first kappa shape index (κ1) is 12.5. The second kappa shape index (κ2) is 4.49. The molecule has 1 aliphatic rings. The molecule has 0 spiro atoms. The SMILES string of the molecule is CC1CC(C(=O)NC(C)(C)C(C)N)CO1. The van der Waals surface area contributed by atoms with Crippen LogP contribution in [-0.4, -0.2) is 30.2 Å². The molecule has 3 unspecified atom stereocenters. The predicted octanol–water partition coefficient (Wildman–Crippen LogP) is 0.653. The van der Waals surface area contributed by atoms with E-state index in [1.165, 1.54) is 0 Å². The summed E-state index contributed by atoms with van der Waals surface area (Å²) in [6.45, 7) is 8.30. The predicted molar refractivity (Wildman–Crippen MR) is 59.4 cm³/mol. The number of nitrogens with two attached hydrogens (primary N) is 1. The van der Waals surface area contributed by atoms with Crippen molar-refractivity contribution in [3.63, 3.8) is 0 Å². The number of carbonyl (C=O) groups excluding carboxylic acids is 1. The Hall–Kier alpha value is -0.610. The van der Waals surface area contributed by atoms with Crippen LogP contribution in [0.2, 0.25) is 0 Å². The maximum Gasteiger partial charge on any atom is 0.226 e. The molecule has 0 aromatic carbocycles. The van der Waals surface area contributed by atoms with Gasteiger partial charge in [-0.05, 0) is 34.1 Å². The molecule has 1 rings (SSSR count). The van der Waals surface area contributed by atoms with Gasteiger partial charge in [0.1, 0.15) is 0 Å². The highest BCUT2D eigenvalue weighted by atomic mass is 16.5. The maximum absolute atomic E-state index is 11.9. The lowest BCUT2D eigenvalue weighted by Gasteiger charge is -2.31. The van der Waals surface area contributed by atoms with E-state index >= 15 is 0 Å². The van der Waals surface area contributed by atoms with Gasteiger partial charge in [-0.3, -0.25) is 4.79 Å². The molecule has 0 radical (unpaired) electrons. The average molecular weight is 214 g/mol. The van der Waals surface area contributed by atoms with Gasteiger partial charge in [-0.1, -0.05) is 0 Å². The zero-order valence-corrected chi connectivity index (χ0v) is 10.0. The molecule has 0 aromatic heterocycles. The summed E-state index contributed by atoms with van der Waals surface area (Å²) in [5, 5.41) is 2.97. The molecular formula is C11H22N2O2. The molecule has 15 heavy (non-hydrogen) atoms. The number of hydrogen-bond donors (Lipinski definition) is 2. The molecule has 0 saturated carbocycles. The van der Waals surface area contributed by atoms with Crippen molar-refractivity contribution in [2.24, 2.45) is 11.7 Å². The van der Waals surface area contributed by atoms with Crippen LogP contribution in [0, 0.1) is 5.92 Å². The van der Waals surface area contributed by atoms with Crippen molar-refractivity contribution in [2.45, 2.75) is 51.8 Å². The first-order valence-corrected chi connectivity index (χ1v) is 5.52. The van der Waals surface area contributed by atoms with Crippen LogP contribution in [0.3, 0.4) is 0 Å². The number of carbonyl (C=O) groups is 1. The molecule has 3 atom stereocenters. The molecule has 1 fully saturated rings. The Labute approximate surface area is 91.5 Å². The van der Waals surface area contributed by atoms with Gasteiger partial charge in [0.15, 0.2) is 0 Å². The van der Waals surface area contributed by atoms with E-state index < -0.39 is 0 Å². The van der Waals surface area contributed by atoms with Gasteiger partial charge in [0, 0.05) is 11.6 Å². The van der Waals surface area contributed by atoms with Gasteiger partial charge in [0.25, 0.3) is 0 Å². The fourth-order valence-electron chi connectivity index (χ4n) is 1.53. The minimum absolute atomic E-state index is 0.0157. The van der Waals surface area contributed by atoms with Crippen molar-refractivity contribution >= 4 is 5.91 Å². The Balaban J connectivity index is 2.49. The van der Waals surface area contributed by atoms with Gasteiger partial charge in [0.05, 0.1) is 18.6 Å². The fourth-order valence-corrected chi connectivity index (χ4v) is 1.53. The molecule has 3 N–H and O–H groups in total. The Morgan fingerprint density at radius 3 is 2.60 bits per heavy atom. The zero-order valence-electron chi connectivity index (χ0n) is 10.0. The van der Waals surface area contributed by atoms with Crippen LogP contribution >= 0.6 is 0 Å². The van der Waals surface area contributed by atoms with Crippen LogP contribution in [0.5, 0.6) is 0 Å². The zero-order chi connectivity index (χ0) is 11.6. The highest BCUT2D eigenvalue weighted by Gasteiger charge is 2.32. The van der Waals surface area contributed by atoms with E-state index in [2.05, 4.69) is 5.32 Å². The Kier molecular flexibility index (Phi) is 3.73. The lowest BCUT2D eigenvalue weighted by atomic mass is 9.95. The van der Waals surface area contributed by atoms with Crippen LogP contribution in [0.4, 0.5) is 0 Å². The number of ether oxygens (including phenoxy) is 1. The quantitative estimate of drug-likeness (QED) is 0.725. The first-order chi connectivity index (χ1) is 6.83. The summed E-state index contributed by atoms with van der Waals surface area (Å²) in [4.78, 5) is 11.9. The second-order valence-electron chi connectivity index (χ2n) is 5.08. The van der Waals surface area contributed by atoms with Gasteiger partial charge in [-0.15, -0.1) is 0 Å². The van der Waals surface area contributed by atoms with E-state index in [4.69, 9.17) is 10.5 Å². The van der Waals surface area contributed by atoms with Crippen molar-refractivity contribution < 1.29 is 9.53 Å². The normalized spacial score (nSPS) is 28.9. The first-order valence-electron chi connectivity index (χ1n) is 5.52. The average Bonchev–Trinajstić information content (AvgIpc) is 2.50. The van der Waals surface area contributed by atoms with E-state index in [9.17, 15) is 4.79 Å². The van der Waals surface area contributed by atoms with Crippen molar-refractivity contribution in [3.05, 3.63) is 0 Å². The molecule has 1 saturated heterocycles. The monoisotopic (exact) mass is 214 g/mol. The summed E-state index contributed by atoms with van der Waals surface area (Å²) in [6, 6.07) is -0.0683. The van der Waals surface area contributed by atoms with E-state index in [1.54, 1.807) is 0 Å². The molecule has 0 aromatic rings. The smallest absolute Gasteiger partial charge is 0.226 e. The van der Waals surface area contributed by atoms with Crippen molar-refractivity contribution in [1.29, 1.82) is 0 Å². The fraction of sp³-hybridized carbons (Fsp3) is 0.909. The third kappa shape index (κ3) is 3.18. The Morgan fingerprint density at radius 1 is 1.60 bits per heavy atom. The number of amides is 1. The lowest BCUT2D eigenvalue weighted by molar-refractivity contribution is -0.126. The number of rotatable bonds is 3. The third-order valence-corrected chi connectivity index (χ3v) is 3.15. The van der Waals surface area contributed by atoms with E-state index in [1.807, 2.05) is 27.7 Å². The molecule has 88 valence electrons. The van der Waals surface area contributed by atoms with Crippen molar-refractivity contribution in [1.82, 2.24) is 5.32 Å². The number of hydrogen-bond acceptors (Lipinski definition) is 3. The standard InChI is InChI=1S/C11H22N2O2/c1-7-5-9(6-15-7)10(14)13-11(3,4)8(2)12/h7-9H,5-6,12H2,1-4H3,(H,13,14). The summed E-state index contributed by atoms with van der Waals surface area (Å²) in [5.41, 5.74) is 5.44. The van der Waals surface area contributed by atoms with E-state index in [-0.39, 0.29) is 29.5 Å². The van der Waals surface area contributed by atoms with Gasteiger partial charge in [-0.25, -0.2) is 0 Å². The molecule has 1 heterocycles. The van der Waals surface area contributed by atoms with Crippen LogP contribution in [0.15, 0.2) is 0 Å². The van der Waals surface area contributed by atoms with Gasteiger partial charge in [-0.2, -0.15) is 0 Å². The second-order valence-corrected chi connectivity index (χ2v) is 5.08. The summed E-state index contributed by atoms with van der Waals surface area (Å²) in [6.07, 6.45) is 1.00. The van der Waals surface area contributed by atoms with Crippen LogP contribution in [-0.2, 0) is 9.53 Å². The molecule has 1 aliphatic heterocycles. The Bertz CT molecular complexity index is 239. The summed E-state index contributed by atoms with van der Waals surface area (Å²) >= 11 is 0. The third-order valence-electron chi connectivity index (χ3n) is 3.15. The summed E-state index contributed by atoms with van der Waals surface area (Å²) in [5.74, 6) is 0.0414. The van der Waals surface area contributed by atoms with Gasteiger partial charge >= 0.3 is 0 Å². The highest BCUT2D eigenvalue weighted by molar-refractivity contribution is 5.79. The number of nitrogens with one attached hydrogen (secondary N) is 1. The summed E-state index contributed by atoms with van der Waals surface area (Å²) < 4.78 is 5.37. The summed E-state index contributed by atoms with van der Waals surface area (Å²) in [7, 11) is 0. The van der Waals surface area contributed by atoms with Crippen LogP contribution in [0.25, 0.3) is 0 Å². The Morgan fingerprint density at radius 2 is 2.20 bits per heavy atom. The topological polar surface area (TPSA) is 64.4 Å². The minimum atomic E-state index is -0.358. The molecule has 4 heteroatoms. The van der Waals surface area contributed by atoms with Crippen molar-refractivity contribution in [3.8, 4) is 0 Å². The molecule has 1 amide bonds. The maximum atomic E-state index is 11.9. The molecule has 0 aliphatic carbocycles. The largest absolute Gasteiger partial charge is 0.378 e. The minimum Gasteiger partial charge on any atom is -0.378 e. The van der Waals surface area contributed by atoms with Crippen LogP contribution in [0.1, 0.15) is 34.1 Å². The van der Waals surface area contributed by atoms with Gasteiger partial charge in [0.2, 0.25) is 5.91 Å². The highest BCUT2D eigenvalue weighted by Crippen LogP contribution is 2.20. The van der Waals surface area contributed by atoms with Crippen molar-refractivity contribution in [2.75, 3.05) is 6.61 Å². The molecule has 0 bridgehead atoms. The lowest BCUT2D eigenvalue weighted by Crippen LogP contribution is -2.56. The molecule has 4 nitrogen and oxygen atoms in total.